The number of rotatable bonds is 4. The zero-order valence-corrected chi connectivity index (χ0v) is 10.6. The second kappa shape index (κ2) is 5.21. The van der Waals surface area contributed by atoms with Gasteiger partial charge in [0.15, 0.2) is 0 Å². The first kappa shape index (κ1) is 12.6. The van der Waals surface area contributed by atoms with E-state index in [4.69, 9.17) is 0 Å². The van der Waals surface area contributed by atoms with Crippen molar-refractivity contribution < 1.29 is 9.18 Å². The molecule has 0 aliphatic heterocycles. The molecule has 0 bridgehead atoms. The largest absolute Gasteiger partial charge is 0.359 e. The van der Waals surface area contributed by atoms with Gasteiger partial charge in [-0.15, -0.1) is 0 Å². The molecule has 2 rings (SSSR count). The number of carbonyl (C=O) groups excluding carboxylic acids is 1. The van der Waals surface area contributed by atoms with Crippen molar-refractivity contribution in [2.24, 2.45) is 5.92 Å². The van der Waals surface area contributed by atoms with Crippen molar-refractivity contribution in [3.8, 4) is 0 Å². The van der Waals surface area contributed by atoms with Crippen LogP contribution in [0.5, 0.6) is 0 Å². The van der Waals surface area contributed by atoms with Gasteiger partial charge in [-0.25, -0.2) is 4.39 Å². The molecule has 0 atom stereocenters. The molecule has 4 heteroatoms. The Labute approximate surface area is 105 Å². The van der Waals surface area contributed by atoms with Gasteiger partial charge in [-0.1, -0.05) is 26.0 Å². The highest BCUT2D eigenvalue weighted by Crippen LogP contribution is 2.20. The number of aromatic nitrogens is 1. The summed E-state index contributed by atoms with van der Waals surface area (Å²) in [6.45, 7) is 4.75. The van der Waals surface area contributed by atoms with Crippen LogP contribution in [-0.2, 0) is 11.2 Å². The molecule has 0 fully saturated rings. The maximum absolute atomic E-state index is 13.5. The van der Waals surface area contributed by atoms with E-state index in [1.54, 1.807) is 12.3 Å². The maximum Gasteiger partial charge on any atom is 0.224 e. The molecule has 0 saturated carbocycles. The summed E-state index contributed by atoms with van der Waals surface area (Å²) in [4.78, 5) is 14.6. The van der Waals surface area contributed by atoms with Crippen molar-refractivity contribution in [2.45, 2.75) is 20.3 Å². The first-order chi connectivity index (χ1) is 8.58. The van der Waals surface area contributed by atoms with Crippen molar-refractivity contribution in [3.63, 3.8) is 0 Å². The second-order valence-corrected chi connectivity index (χ2v) is 4.85. The quantitative estimate of drug-likeness (QED) is 0.858. The molecule has 0 spiro atoms. The molecular weight excluding hydrogens is 231 g/mol. The average molecular weight is 248 g/mol. The number of aromatic amines is 1. The van der Waals surface area contributed by atoms with Crippen LogP contribution in [0.25, 0.3) is 10.9 Å². The van der Waals surface area contributed by atoms with Gasteiger partial charge in [-0.05, 0) is 17.5 Å². The van der Waals surface area contributed by atoms with Crippen molar-refractivity contribution in [1.82, 2.24) is 10.3 Å². The Morgan fingerprint density at radius 2 is 2.22 bits per heavy atom. The molecule has 0 radical (unpaired) electrons. The minimum Gasteiger partial charge on any atom is -0.359 e. The number of amides is 1. The zero-order chi connectivity index (χ0) is 13.1. The van der Waals surface area contributed by atoms with Crippen LogP contribution >= 0.6 is 0 Å². The maximum atomic E-state index is 13.5. The number of benzene rings is 1. The summed E-state index contributed by atoms with van der Waals surface area (Å²) in [6, 6.07) is 4.88. The standard InChI is InChI=1S/C14H17FN2O/c1-9(2)7-16-13(18)6-10-8-17-14-11(10)4-3-5-12(14)15/h3-5,8-9,17H,6-7H2,1-2H3,(H,16,18). The third-order valence-electron chi connectivity index (χ3n) is 2.81. The van der Waals surface area contributed by atoms with Crippen LogP contribution in [0.4, 0.5) is 4.39 Å². The number of para-hydroxylation sites is 1. The fraction of sp³-hybridized carbons (Fsp3) is 0.357. The zero-order valence-electron chi connectivity index (χ0n) is 10.6. The minimum atomic E-state index is -0.290. The van der Waals surface area contributed by atoms with Gasteiger partial charge in [0.05, 0.1) is 11.9 Å². The molecule has 0 unspecified atom stereocenters. The smallest absolute Gasteiger partial charge is 0.224 e. The Balaban J connectivity index is 2.12. The van der Waals surface area contributed by atoms with Gasteiger partial charge in [0.2, 0.25) is 5.91 Å². The average Bonchev–Trinajstić information content (AvgIpc) is 2.72. The van der Waals surface area contributed by atoms with E-state index >= 15 is 0 Å². The van der Waals surface area contributed by atoms with E-state index in [1.165, 1.54) is 6.07 Å². The van der Waals surface area contributed by atoms with Crippen LogP contribution in [0.2, 0.25) is 0 Å². The fourth-order valence-corrected chi connectivity index (χ4v) is 1.88. The molecule has 2 aromatic rings. The topological polar surface area (TPSA) is 44.9 Å². The van der Waals surface area contributed by atoms with E-state index in [9.17, 15) is 9.18 Å². The van der Waals surface area contributed by atoms with Gasteiger partial charge in [0, 0.05) is 18.1 Å². The van der Waals surface area contributed by atoms with Crippen LogP contribution in [0.15, 0.2) is 24.4 Å². The number of carbonyl (C=O) groups is 1. The van der Waals surface area contributed by atoms with Gasteiger partial charge in [0.25, 0.3) is 0 Å². The van der Waals surface area contributed by atoms with E-state index in [-0.39, 0.29) is 18.1 Å². The molecule has 2 N–H and O–H groups in total. The monoisotopic (exact) mass is 248 g/mol. The summed E-state index contributed by atoms with van der Waals surface area (Å²) in [5, 5.41) is 3.63. The molecule has 0 saturated heterocycles. The Kier molecular flexibility index (Phi) is 3.65. The highest BCUT2D eigenvalue weighted by Gasteiger charge is 2.10. The van der Waals surface area contributed by atoms with Crippen molar-refractivity contribution >= 4 is 16.8 Å². The molecule has 96 valence electrons. The van der Waals surface area contributed by atoms with Gasteiger partial charge in [-0.3, -0.25) is 4.79 Å². The van der Waals surface area contributed by atoms with E-state index in [0.29, 0.717) is 18.0 Å². The predicted octanol–water partition coefficient (Wildman–Crippen LogP) is 2.62. The third-order valence-corrected chi connectivity index (χ3v) is 2.81. The summed E-state index contributed by atoms with van der Waals surface area (Å²) >= 11 is 0. The third kappa shape index (κ3) is 2.70. The summed E-state index contributed by atoms with van der Waals surface area (Å²) < 4.78 is 13.5. The molecule has 1 aromatic heterocycles. The molecule has 18 heavy (non-hydrogen) atoms. The summed E-state index contributed by atoms with van der Waals surface area (Å²) in [6.07, 6.45) is 1.97. The lowest BCUT2D eigenvalue weighted by molar-refractivity contribution is -0.120. The van der Waals surface area contributed by atoms with Crippen molar-refractivity contribution in [1.29, 1.82) is 0 Å². The second-order valence-electron chi connectivity index (χ2n) is 4.85. The van der Waals surface area contributed by atoms with Crippen LogP contribution < -0.4 is 5.32 Å². The predicted molar refractivity (Wildman–Crippen MR) is 69.8 cm³/mol. The Morgan fingerprint density at radius 1 is 1.44 bits per heavy atom. The van der Waals surface area contributed by atoms with E-state index in [1.807, 2.05) is 19.9 Å². The molecule has 3 nitrogen and oxygen atoms in total. The molecule has 1 heterocycles. The lowest BCUT2D eigenvalue weighted by Gasteiger charge is -2.06. The van der Waals surface area contributed by atoms with Gasteiger partial charge < -0.3 is 10.3 Å². The Bertz CT molecular complexity index is 560. The lowest BCUT2D eigenvalue weighted by Crippen LogP contribution is -2.28. The Hall–Kier alpha value is -1.84. The fourth-order valence-electron chi connectivity index (χ4n) is 1.88. The number of hydrogen-bond donors (Lipinski definition) is 2. The van der Waals surface area contributed by atoms with Gasteiger partial charge in [-0.2, -0.15) is 0 Å². The van der Waals surface area contributed by atoms with Crippen LogP contribution in [0.1, 0.15) is 19.4 Å². The minimum absolute atomic E-state index is 0.0335. The molecule has 0 aliphatic rings. The first-order valence-electron chi connectivity index (χ1n) is 6.09. The number of halogens is 1. The van der Waals surface area contributed by atoms with E-state index in [2.05, 4.69) is 10.3 Å². The summed E-state index contributed by atoms with van der Waals surface area (Å²) in [5.41, 5.74) is 1.29. The van der Waals surface area contributed by atoms with Gasteiger partial charge in [0.1, 0.15) is 5.82 Å². The van der Waals surface area contributed by atoms with E-state index in [0.717, 1.165) is 10.9 Å². The van der Waals surface area contributed by atoms with Crippen LogP contribution in [0, 0.1) is 11.7 Å². The van der Waals surface area contributed by atoms with Crippen molar-refractivity contribution in [3.05, 3.63) is 35.8 Å². The van der Waals surface area contributed by atoms with Crippen LogP contribution in [0.3, 0.4) is 0 Å². The molecule has 1 aromatic carbocycles. The normalized spacial score (nSPS) is 11.1. The van der Waals surface area contributed by atoms with Crippen molar-refractivity contribution in [2.75, 3.05) is 6.54 Å². The molecule has 0 aliphatic carbocycles. The van der Waals surface area contributed by atoms with Crippen LogP contribution in [-0.4, -0.2) is 17.4 Å². The number of fused-ring (bicyclic) bond motifs is 1. The van der Waals surface area contributed by atoms with E-state index < -0.39 is 0 Å². The number of nitrogens with one attached hydrogen (secondary N) is 2. The lowest BCUT2D eigenvalue weighted by atomic mass is 10.1. The molecular formula is C14H17FN2O. The number of hydrogen-bond acceptors (Lipinski definition) is 1. The molecule has 1 amide bonds. The first-order valence-corrected chi connectivity index (χ1v) is 6.09. The highest BCUT2D eigenvalue weighted by molar-refractivity contribution is 5.89. The summed E-state index contributed by atoms with van der Waals surface area (Å²) in [7, 11) is 0. The Morgan fingerprint density at radius 3 is 2.94 bits per heavy atom. The number of H-pyrrole nitrogens is 1. The van der Waals surface area contributed by atoms with Gasteiger partial charge >= 0.3 is 0 Å². The SMILES string of the molecule is CC(C)CNC(=O)Cc1c[nH]c2c(F)cccc12. The summed E-state index contributed by atoms with van der Waals surface area (Å²) in [5.74, 6) is 0.101. The highest BCUT2D eigenvalue weighted by atomic mass is 19.1.